The maximum atomic E-state index is 11.2. The standard InChI is InChI=1S/C7H10O4/c8-6-7(1-2-9-5-7)11-4-3-10-6/h1-5H2/t7-/m0/s1. The van der Waals surface area contributed by atoms with Crippen molar-refractivity contribution in [1.29, 1.82) is 0 Å². The number of esters is 1. The first-order chi connectivity index (χ1) is 5.33. The average Bonchev–Trinajstić information content (AvgIpc) is 2.46. The Morgan fingerprint density at radius 2 is 2.18 bits per heavy atom. The SMILES string of the molecule is O=C1OCCO[C@]12CCOC2. The zero-order chi connectivity index (χ0) is 7.73. The van der Waals surface area contributed by atoms with Crippen molar-refractivity contribution in [1.82, 2.24) is 0 Å². The largest absolute Gasteiger partial charge is 0.461 e. The van der Waals surface area contributed by atoms with Gasteiger partial charge in [0.05, 0.1) is 19.8 Å². The molecule has 2 aliphatic rings. The summed E-state index contributed by atoms with van der Waals surface area (Å²) in [6.07, 6.45) is 0.631. The normalized spacial score (nSPS) is 37.6. The zero-order valence-corrected chi connectivity index (χ0v) is 6.17. The lowest BCUT2D eigenvalue weighted by molar-refractivity contribution is -0.191. The van der Waals surface area contributed by atoms with Gasteiger partial charge in [-0.1, -0.05) is 0 Å². The summed E-state index contributed by atoms with van der Waals surface area (Å²) in [6, 6.07) is 0. The second-order valence-electron chi connectivity index (χ2n) is 2.78. The van der Waals surface area contributed by atoms with Crippen molar-refractivity contribution >= 4 is 5.97 Å². The highest BCUT2D eigenvalue weighted by Gasteiger charge is 2.47. The van der Waals surface area contributed by atoms with Gasteiger partial charge in [0.1, 0.15) is 6.61 Å². The van der Waals surface area contributed by atoms with E-state index in [2.05, 4.69) is 0 Å². The molecule has 0 aromatic heterocycles. The highest BCUT2D eigenvalue weighted by Crippen LogP contribution is 2.26. The summed E-state index contributed by atoms with van der Waals surface area (Å²) in [6.45, 7) is 1.82. The number of carbonyl (C=O) groups is 1. The Hall–Kier alpha value is -0.610. The fourth-order valence-electron chi connectivity index (χ4n) is 1.38. The predicted molar refractivity (Wildman–Crippen MR) is 35.1 cm³/mol. The Morgan fingerprint density at radius 3 is 2.82 bits per heavy atom. The molecule has 0 N–H and O–H groups in total. The number of hydrogen-bond donors (Lipinski definition) is 0. The number of ether oxygens (including phenoxy) is 3. The summed E-state index contributed by atoms with van der Waals surface area (Å²) in [5.41, 5.74) is -0.752. The van der Waals surface area contributed by atoms with Crippen LogP contribution in [0.3, 0.4) is 0 Å². The Morgan fingerprint density at radius 1 is 1.27 bits per heavy atom. The van der Waals surface area contributed by atoms with Crippen LogP contribution in [-0.4, -0.2) is 38.0 Å². The molecule has 62 valence electrons. The quantitative estimate of drug-likeness (QED) is 0.455. The number of carbonyl (C=O) groups excluding carboxylic acids is 1. The first kappa shape index (κ1) is 7.06. The summed E-state index contributed by atoms with van der Waals surface area (Å²) in [7, 11) is 0. The van der Waals surface area contributed by atoms with E-state index in [9.17, 15) is 4.79 Å². The second-order valence-corrected chi connectivity index (χ2v) is 2.78. The molecule has 0 amide bonds. The van der Waals surface area contributed by atoms with Gasteiger partial charge in [-0.05, 0) is 0 Å². The molecule has 2 saturated heterocycles. The lowest BCUT2D eigenvalue weighted by Crippen LogP contribution is -2.48. The van der Waals surface area contributed by atoms with E-state index in [0.717, 1.165) is 0 Å². The van der Waals surface area contributed by atoms with Crippen LogP contribution in [0.1, 0.15) is 6.42 Å². The molecule has 11 heavy (non-hydrogen) atoms. The van der Waals surface area contributed by atoms with Gasteiger partial charge in [-0.25, -0.2) is 4.79 Å². The molecular formula is C7H10O4. The van der Waals surface area contributed by atoms with Gasteiger partial charge < -0.3 is 14.2 Å². The maximum absolute atomic E-state index is 11.2. The van der Waals surface area contributed by atoms with Crippen LogP contribution in [0.25, 0.3) is 0 Å². The smallest absolute Gasteiger partial charge is 0.341 e. The zero-order valence-electron chi connectivity index (χ0n) is 6.17. The van der Waals surface area contributed by atoms with Gasteiger partial charge in [-0.2, -0.15) is 0 Å². The summed E-state index contributed by atoms with van der Waals surface area (Å²) in [4.78, 5) is 11.2. The van der Waals surface area contributed by atoms with Crippen LogP contribution < -0.4 is 0 Å². The van der Waals surface area contributed by atoms with Crippen molar-refractivity contribution in [3.63, 3.8) is 0 Å². The molecule has 0 aromatic rings. The lowest BCUT2D eigenvalue weighted by atomic mass is 10.0. The highest BCUT2D eigenvalue weighted by molar-refractivity contribution is 5.80. The first-order valence-corrected chi connectivity index (χ1v) is 3.72. The van der Waals surface area contributed by atoms with Crippen molar-refractivity contribution in [2.45, 2.75) is 12.0 Å². The Bertz CT molecular complexity index is 171. The molecule has 1 spiro atoms. The highest BCUT2D eigenvalue weighted by atomic mass is 16.6. The molecule has 0 aliphatic carbocycles. The Balaban J connectivity index is 2.13. The minimum Gasteiger partial charge on any atom is -0.461 e. The molecule has 4 nitrogen and oxygen atoms in total. The molecule has 0 radical (unpaired) electrons. The van der Waals surface area contributed by atoms with E-state index in [1.165, 1.54) is 0 Å². The van der Waals surface area contributed by atoms with E-state index in [-0.39, 0.29) is 5.97 Å². The van der Waals surface area contributed by atoms with Crippen molar-refractivity contribution in [2.24, 2.45) is 0 Å². The van der Waals surface area contributed by atoms with Gasteiger partial charge in [0.25, 0.3) is 0 Å². The van der Waals surface area contributed by atoms with Crippen molar-refractivity contribution < 1.29 is 19.0 Å². The molecule has 0 bridgehead atoms. The fraction of sp³-hybridized carbons (Fsp3) is 0.857. The molecule has 2 heterocycles. The first-order valence-electron chi connectivity index (χ1n) is 3.72. The molecule has 2 fully saturated rings. The fourth-order valence-corrected chi connectivity index (χ4v) is 1.38. The van der Waals surface area contributed by atoms with Crippen molar-refractivity contribution in [2.75, 3.05) is 26.4 Å². The molecular weight excluding hydrogens is 148 g/mol. The third-order valence-electron chi connectivity index (χ3n) is 2.05. The summed E-state index contributed by atoms with van der Waals surface area (Å²) in [5, 5.41) is 0. The topological polar surface area (TPSA) is 44.8 Å². The Labute approximate surface area is 64.4 Å². The van der Waals surface area contributed by atoms with Crippen LogP contribution in [0.5, 0.6) is 0 Å². The molecule has 0 saturated carbocycles. The maximum Gasteiger partial charge on any atom is 0.341 e. The third-order valence-corrected chi connectivity index (χ3v) is 2.05. The summed E-state index contributed by atoms with van der Waals surface area (Å²) in [5.74, 6) is -0.263. The summed E-state index contributed by atoms with van der Waals surface area (Å²) >= 11 is 0. The van der Waals surface area contributed by atoms with E-state index in [1.54, 1.807) is 0 Å². The van der Waals surface area contributed by atoms with Crippen LogP contribution in [-0.2, 0) is 19.0 Å². The molecule has 0 aromatic carbocycles. The summed E-state index contributed by atoms with van der Waals surface area (Å²) < 4.78 is 15.3. The molecule has 4 heteroatoms. The number of hydrogen-bond acceptors (Lipinski definition) is 4. The second kappa shape index (κ2) is 2.46. The molecule has 2 rings (SSSR count). The molecule has 0 unspecified atom stereocenters. The van der Waals surface area contributed by atoms with E-state index < -0.39 is 5.60 Å². The minimum absolute atomic E-state index is 0.263. The van der Waals surface area contributed by atoms with E-state index in [0.29, 0.717) is 32.8 Å². The number of cyclic esters (lactones) is 1. The molecule has 1 atom stereocenters. The van der Waals surface area contributed by atoms with Gasteiger partial charge in [-0.3, -0.25) is 0 Å². The van der Waals surface area contributed by atoms with Gasteiger partial charge in [-0.15, -0.1) is 0 Å². The average molecular weight is 158 g/mol. The number of rotatable bonds is 0. The lowest BCUT2D eigenvalue weighted by Gasteiger charge is -2.29. The van der Waals surface area contributed by atoms with Crippen LogP contribution in [0.2, 0.25) is 0 Å². The van der Waals surface area contributed by atoms with Gasteiger partial charge in [0.15, 0.2) is 5.60 Å². The Kier molecular flexibility index (Phi) is 1.58. The third kappa shape index (κ3) is 1.02. The van der Waals surface area contributed by atoms with E-state index in [4.69, 9.17) is 14.2 Å². The van der Waals surface area contributed by atoms with Crippen LogP contribution >= 0.6 is 0 Å². The van der Waals surface area contributed by atoms with Gasteiger partial charge >= 0.3 is 5.97 Å². The monoisotopic (exact) mass is 158 g/mol. The van der Waals surface area contributed by atoms with Crippen molar-refractivity contribution in [3.05, 3.63) is 0 Å². The van der Waals surface area contributed by atoms with Gasteiger partial charge in [0.2, 0.25) is 0 Å². The molecule has 2 aliphatic heterocycles. The van der Waals surface area contributed by atoms with E-state index >= 15 is 0 Å². The van der Waals surface area contributed by atoms with Crippen LogP contribution in [0.4, 0.5) is 0 Å². The van der Waals surface area contributed by atoms with Crippen molar-refractivity contribution in [3.8, 4) is 0 Å². The van der Waals surface area contributed by atoms with E-state index in [1.807, 2.05) is 0 Å². The van der Waals surface area contributed by atoms with Gasteiger partial charge in [0, 0.05) is 6.42 Å². The predicted octanol–water partition coefficient (Wildman–Crippen LogP) is -0.281. The minimum atomic E-state index is -0.752. The van der Waals surface area contributed by atoms with Crippen LogP contribution in [0.15, 0.2) is 0 Å². The van der Waals surface area contributed by atoms with Crippen LogP contribution in [0, 0.1) is 0 Å².